The van der Waals surface area contributed by atoms with Crippen molar-refractivity contribution in [3.63, 3.8) is 0 Å². The first-order valence-electron chi connectivity index (χ1n) is 2.13. The zero-order valence-corrected chi connectivity index (χ0v) is 7.29. The fourth-order valence-electron chi connectivity index (χ4n) is 0. The maximum Gasteiger partial charge on any atom is 0 e. The molecule has 0 heterocycles. The third kappa shape index (κ3) is 2100. The summed E-state index contributed by atoms with van der Waals surface area (Å²) in [7, 11) is 0. The number of halogens is 1. The van der Waals surface area contributed by atoms with Gasteiger partial charge in [-0.1, -0.05) is 32.0 Å². The van der Waals surface area contributed by atoms with Crippen LogP contribution in [-0.2, 0) is 17.1 Å². The van der Waals surface area contributed by atoms with E-state index in [0.29, 0.717) is 0 Å². The van der Waals surface area contributed by atoms with Crippen LogP contribution in [0.15, 0.2) is 25.3 Å². The van der Waals surface area contributed by atoms with Crippen molar-refractivity contribution in [2.24, 2.45) is 0 Å². The summed E-state index contributed by atoms with van der Waals surface area (Å²) >= 11 is 4.76. The minimum atomic E-state index is 0. The van der Waals surface area contributed by atoms with Crippen molar-refractivity contribution in [1.29, 1.82) is 0 Å². The zero-order valence-electron chi connectivity index (χ0n) is 5.43. The molecule has 0 aromatic rings. The topological polar surface area (TPSA) is 0 Å². The Hall–Kier alpha value is 0.289. The molecule has 0 saturated heterocycles. The van der Waals surface area contributed by atoms with E-state index in [-0.39, 0.29) is 17.1 Å². The molecule has 52 valence electrons. The molecule has 0 spiro atoms. The molecule has 0 unspecified atom stereocenters. The van der Waals surface area contributed by atoms with Gasteiger partial charge in [-0.25, -0.2) is 0 Å². The van der Waals surface area contributed by atoms with Gasteiger partial charge in [0.05, 0.1) is 0 Å². The molecule has 0 aliphatic rings. The molecule has 0 rings (SSSR count). The summed E-state index contributed by atoms with van der Waals surface area (Å²) in [5.74, 6) is 0. The normalized spacial score (nSPS) is 2.88. The molecule has 0 N–H and O–H groups in total. The first-order chi connectivity index (χ1) is 3.41. The van der Waals surface area contributed by atoms with Gasteiger partial charge < -0.3 is 0 Å². The van der Waals surface area contributed by atoms with Crippen LogP contribution < -0.4 is 0 Å². The van der Waals surface area contributed by atoms with Gasteiger partial charge >= 0.3 is 0 Å². The van der Waals surface area contributed by atoms with Crippen molar-refractivity contribution in [1.82, 2.24) is 0 Å². The first-order valence-corrected chi connectivity index (χ1v) is 2.56. The van der Waals surface area contributed by atoms with Crippen LogP contribution in [0.5, 0.6) is 0 Å². The van der Waals surface area contributed by atoms with Gasteiger partial charge in [-0.15, -0.1) is 13.2 Å². The standard InChI is InChI=1S/C2H3Cl.C2H6.C2H4.Fe/c1-2-3;2*1-2;/h2H,1H2;1-2H3;1-2H2;. The van der Waals surface area contributed by atoms with E-state index in [2.05, 4.69) is 19.7 Å². The van der Waals surface area contributed by atoms with Gasteiger partial charge in [0.2, 0.25) is 0 Å². The Morgan fingerprint density at radius 2 is 1.25 bits per heavy atom. The van der Waals surface area contributed by atoms with Gasteiger partial charge in [-0.2, -0.15) is 0 Å². The molecule has 0 atom stereocenters. The Labute approximate surface area is 68.1 Å². The van der Waals surface area contributed by atoms with Gasteiger partial charge in [-0.3, -0.25) is 0 Å². The number of rotatable bonds is 0. The molecule has 8 heavy (non-hydrogen) atoms. The molecular weight excluding hydrogens is 163 g/mol. The molecule has 2 heteroatoms. The molecule has 0 fully saturated rings. The Bertz CT molecular complexity index is 22.5. The van der Waals surface area contributed by atoms with E-state index < -0.39 is 0 Å². The van der Waals surface area contributed by atoms with Crippen molar-refractivity contribution < 1.29 is 17.1 Å². The van der Waals surface area contributed by atoms with Gasteiger partial charge in [0, 0.05) is 17.1 Å². The summed E-state index contributed by atoms with van der Waals surface area (Å²) in [5, 5.41) is 0. The molecule has 0 aromatic carbocycles. The van der Waals surface area contributed by atoms with Crippen LogP contribution in [0.1, 0.15) is 13.8 Å². The fraction of sp³-hybridized carbons (Fsp3) is 0.333. The minimum Gasteiger partial charge on any atom is -0.106 e. The van der Waals surface area contributed by atoms with Gasteiger partial charge in [0.25, 0.3) is 0 Å². The molecule has 0 amide bonds. The average Bonchev–Trinajstić information content (AvgIpc) is 1.78. The molecule has 0 nitrogen and oxygen atoms in total. The fourth-order valence-corrected chi connectivity index (χ4v) is 0. The van der Waals surface area contributed by atoms with Crippen LogP contribution >= 0.6 is 11.6 Å². The quantitative estimate of drug-likeness (QED) is 0.393. The zero-order chi connectivity index (χ0) is 6.71. The van der Waals surface area contributed by atoms with E-state index in [0.717, 1.165) is 0 Å². The van der Waals surface area contributed by atoms with E-state index in [4.69, 9.17) is 11.6 Å². The third-order valence-electron chi connectivity index (χ3n) is 0. The van der Waals surface area contributed by atoms with Crippen molar-refractivity contribution >= 4 is 11.6 Å². The first kappa shape index (κ1) is 23.9. The third-order valence-corrected chi connectivity index (χ3v) is 0. The van der Waals surface area contributed by atoms with Gasteiger partial charge in [0.1, 0.15) is 0 Å². The van der Waals surface area contributed by atoms with E-state index in [1.54, 1.807) is 0 Å². The number of hydrogen-bond acceptors (Lipinski definition) is 0. The Balaban J connectivity index is -0.0000000147. The maximum absolute atomic E-state index is 4.76. The van der Waals surface area contributed by atoms with E-state index in [9.17, 15) is 0 Å². The Morgan fingerprint density at radius 1 is 1.25 bits per heavy atom. The SMILES string of the molecule is C=C.C=CCl.CC.[Fe]. The Morgan fingerprint density at radius 3 is 1.25 bits per heavy atom. The monoisotopic (exact) mass is 176 g/mol. The predicted octanol–water partition coefficient (Wildman–Crippen LogP) is 3.19. The van der Waals surface area contributed by atoms with Crippen molar-refractivity contribution in [2.45, 2.75) is 13.8 Å². The summed E-state index contributed by atoms with van der Waals surface area (Å²) < 4.78 is 0. The van der Waals surface area contributed by atoms with Crippen LogP contribution in [0, 0.1) is 0 Å². The van der Waals surface area contributed by atoms with Crippen LogP contribution in [0.2, 0.25) is 0 Å². The van der Waals surface area contributed by atoms with Crippen LogP contribution in [0.3, 0.4) is 0 Å². The second kappa shape index (κ2) is 173. The number of hydrogen-bond donors (Lipinski definition) is 0. The van der Waals surface area contributed by atoms with Gasteiger partial charge in [-0.05, 0) is 5.54 Å². The summed E-state index contributed by atoms with van der Waals surface area (Å²) in [6, 6.07) is 0. The van der Waals surface area contributed by atoms with E-state index >= 15 is 0 Å². The summed E-state index contributed by atoms with van der Waals surface area (Å²) in [6.07, 6.45) is 0. The molecule has 0 bridgehead atoms. The second-order valence-corrected chi connectivity index (χ2v) is 0.463. The van der Waals surface area contributed by atoms with Crippen LogP contribution in [0.25, 0.3) is 0 Å². The summed E-state index contributed by atoms with van der Waals surface area (Å²) in [5.41, 5.74) is 1.22. The molecule has 0 saturated carbocycles. The second-order valence-electron chi connectivity index (χ2n) is 0.154. The smallest absolute Gasteiger partial charge is 0 e. The van der Waals surface area contributed by atoms with Crippen LogP contribution in [0.4, 0.5) is 0 Å². The molecule has 0 aromatic heterocycles. The Kier molecular flexibility index (Phi) is 519. The minimum absolute atomic E-state index is 0. The van der Waals surface area contributed by atoms with Crippen molar-refractivity contribution in [3.8, 4) is 0 Å². The average molecular weight is 176 g/mol. The molecule has 0 aliphatic heterocycles. The van der Waals surface area contributed by atoms with Crippen molar-refractivity contribution in [2.75, 3.05) is 0 Å². The van der Waals surface area contributed by atoms with E-state index in [1.165, 1.54) is 5.54 Å². The van der Waals surface area contributed by atoms with Crippen LogP contribution in [-0.4, -0.2) is 0 Å². The molecule has 0 aliphatic carbocycles. The predicted molar refractivity (Wildman–Crippen MR) is 38.7 cm³/mol. The largest absolute Gasteiger partial charge is 0.106 e. The van der Waals surface area contributed by atoms with E-state index in [1.807, 2.05) is 13.8 Å². The molecule has 0 radical (unpaired) electrons. The summed E-state index contributed by atoms with van der Waals surface area (Å²) in [4.78, 5) is 0. The maximum atomic E-state index is 4.76. The molecular formula is C6H13ClFe. The van der Waals surface area contributed by atoms with Gasteiger partial charge in [0.15, 0.2) is 0 Å². The van der Waals surface area contributed by atoms with Crippen molar-refractivity contribution in [3.05, 3.63) is 25.3 Å². The summed E-state index contributed by atoms with van der Waals surface area (Å²) in [6.45, 7) is 13.1.